The zero-order valence-corrected chi connectivity index (χ0v) is 9.48. The summed E-state index contributed by atoms with van der Waals surface area (Å²) in [7, 11) is 0. The molecule has 2 rings (SSSR count). The fourth-order valence-corrected chi connectivity index (χ4v) is 1.57. The normalized spacial score (nSPS) is 35.2. The van der Waals surface area contributed by atoms with Crippen molar-refractivity contribution in [2.75, 3.05) is 26.4 Å². The number of rotatable bonds is 8. The predicted molar refractivity (Wildman–Crippen MR) is 54.9 cm³/mol. The highest BCUT2D eigenvalue weighted by Gasteiger charge is 2.42. The van der Waals surface area contributed by atoms with Crippen LogP contribution < -0.4 is 0 Å². The van der Waals surface area contributed by atoms with E-state index in [1.165, 1.54) is 0 Å². The quantitative estimate of drug-likeness (QED) is 0.448. The first-order chi connectivity index (χ1) is 7.31. The van der Waals surface area contributed by atoms with E-state index in [-0.39, 0.29) is 12.2 Å². The summed E-state index contributed by atoms with van der Waals surface area (Å²) in [6, 6.07) is 0. The van der Waals surface area contributed by atoms with Gasteiger partial charge in [-0.05, 0) is 13.3 Å². The van der Waals surface area contributed by atoms with Gasteiger partial charge in [0.05, 0.1) is 25.9 Å². The van der Waals surface area contributed by atoms with E-state index in [2.05, 4.69) is 13.8 Å². The molecule has 2 fully saturated rings. The maximum atomic E-state index is 5.73. The Morgan fingerprint density at radius 3 is 2.73 bits per heavy atom. The predicted octanol–water partition coefficient (Wildman–Crippen LogP) is 0.984. The van der Waals surface area contributed by atoms with Crippen LogP contribution in [0.25, 0.3) is 0 Å². The zero-order valence-electron chi connectivity index (χ0n) is 9.48. The lowest BCUT2D eigenvalue weighted by Crippen LogP contribution is -2.28. The topological polar surface area (TPSA) is 43.5 Å². The van der Waals surface area contributed by atoms with Gasteiger partial charge in [0.1, 0.15) is 18.3 Å². The summed E-state index contributed by atoms with van der Waals surface area (Å²) >= 11 is 0. The van der Waals surface area contributed by atoms with Gasteiger partial charge in [0.2, 0.25) is 0 Å². The second-order valence-corrected chi connectivity index (χ2v) is 4.21. The van der Waals surface area contributed by atoms with E-state index in [1.807, 2.05) is 0 Å². The van der Waals surface area contributed by atoms with Crippen LogP contribution in [0.15, 0.2) is 0 Å². The summed E-state index contributed by atoms with van der Waals surface area (Å²) in [5.74, 6) is 0. The van der Waals surface area contributed by atoms with Crippen LogP contribution in [0.5, 0.6) is 0 Å². The molecule has 0 spiro atoms. The van der Waals surface area contributed by atoms with Crippen LogP contribution in [0.3, 0.4) is 0 Å². The molecule has 0 N–H and O–H groups in total. The third-order valence-electron chi connectivity index (χ3n) is 2.65. The molecule has 2 saturated heterocycles. The van der Waals surface area contributed by atoms with Gasteiger partial charge >= 0.3 is 0 Å². The van der Waals surface area contributed by atoms with Crippen molar-refractivity contribution in [3.8, 4) is 0 Å². The van der Waals surface area contributed by atoms with E-state index in [9.17, 15) is 0 Å². The van der Waals surface area contributed by atoms with E-state index in [1.54, 1.807) is 0 Å². The van der Waals surface area contributed by atoms with Crippen molar-refractivity contribution < 1.29 is 18.9 Å². The molecular weight excluding hydrogens is 196 g/mol. The van der Waals surface area contributed by atoms with Gasteiger partial charge < -0.3 is 18.9 Å². The fourth-order valence-electron chi connectivity index (χ4n) is 1.57. The Bertz CT molecular complexity index is 193. The maximum absolute atomic E-state index is 5.73. The van der Waals surface area contributed by atoms with Crippen LogP contribution in [-0.2, 0) is 18.9 Å². The largest absolute Gasteiger partial charge is 0.379 e. The molecular formula is C11H20O4. The molecule has 0 radical (unpaired) electrons. The van der Waals surface area contributed by atoms with Crippen molar-refractivity contribution in [3.63, 3.8) is 0 Å². The Balaban J connectivity index is 1.64. The van der Waals surface area contributed by atoms with Crippen LogP contribution in [-0.4, -0.2) is 50.8 Å². The van der Waals surface area contributed by atoms with Gasteiger partial charge in [-0.15, -0.1) is 0 Å². The Hall–Kier alpha value is -0.160. The van der Waals surface area contributed by atoms with Crippen LogP contribution in [0.2, 0.25) is 0 Å². The van der Waals surface area contributed by atoms with E-state index < -0.39 is 0 Å². The summed E-state index contributed by atoms with van der Waals surface area (Å²) < 4.78 is 21.8. The zero-order chi connectivity index (χ0) is 10.7. The molecule has 15 heavy (non-hydrogen) atoms. The molecule has 0 saturated carbocycles. The van der Waals surface area contributed by atoms with Crippen molar-refractivity contribution in [2.45, 2.75) is 44.7 Å². The first-order valence-electron chi connectivity index (χ1n) is 5.77. The lowest BCUT2D eigenvalue weighted by Gasteiger charge is -2.15. The highest BCUT2D eigenvalue weighted by atomic mass is 16.6. The third-order valence-corrected chi connectivity index (χ3v) is 2.65. The summed E-state index contributed by atoms with van der Waals surface area (Å²) in [4.78, 5) is 0. The highest BCUT2D eigenvalue weighted by Crippen LogP contribution is 2.27. The smallest absolute Gasteiger partial charge is 0.112 e. The maximum Gasteiger partial charge on any atom is 0.112 e. The minimum absolute atomic E-state index is 0.0794. The average Bonchev–Trinajstić information content (AvgIpc) is 3.09. The number of hydrogen-bond donors (Lipinski definition) is 0. The monoisotopic (exact) mass is 216 g/mol. The first-order valence-corrected chi connectivity index (χ1v) is 5.77. The summed E-state index contributed by atoms with van der Waals surface area (Å²) in [6.07, 6.45) is 1.98. The minimum atomic E-state index is 0.0794. The molecule has 0 bridgehead atoms. The Labute approximate surface area is 90.8 Å². The van der Waals surface area contributed by atoms with Crippen molar-refractivity contribution >= 4 is 0 Å². The van der Waals surface area contributed by atoms with Gasteiger partial charge in [0, 0.05) is 6.61 Å². The van der Waals surface area contributed by atoms with Crippen LogP contribution in [0.1, 0.15) is 20.3 Å². The van der Waals surface area contributed by atoms with Crippen LogP contribution in [0, 0.1) is 0 Å². The summed E-state index contributed by atoms with van der Waals surface area (Å²) in [6.45, 7) is 7.10. The van der Waals surface area contributed by atoms with Crippen molar-refractivity contribution in [1.29, 1.82) is 0 Å². The molecule has 4 heteroatoms. The third kappa shape index (κ3) is 3.72. The average molecular weight is 216 g/mol. The van der Waals surface area contributed by atoms with E-state index in [0.29, 0.717) is 25.4 Å². The first kappa shape index (κ1) is 11.3. The van der Waals surface area contributed by atoms with E-state index in [0.717, 1.165) is 19.6 Å². The molecule has 4 unspecified atom stereocenters. The SMILES string of the molecule is CCCOCC(OCC1CO1)C1OC1C. The number of epoxide rings is 2. The highest BCUT2D eigenvalue weighted by molar-refractivity contribution is 4.89. The molecule has 4 nitrogen and oxygen atoms in total. The number of hydrogen-bond acceptors (Lipinski definition) is 4. The lowest BCUT2D eigenvalue weighted by molar-refractivity contribution is -0.0337. The Morgan fingerprint density at radius 2 is 2.20 bits per heavy atom. The standard InChI is InChI=1S/C11H20O4/c1-3-4-12-7-10(11-8(2)15-11)14-6-9-5-13-9/h8-11H,3-7H2,1-2H3. The van der Waals surface area contributed by atoms with Crippen LogP contribution in [0.4, 0.5) is 0 Å². The van der Waals surface area contributed by atoms with Crippen LogP contribution >= 0.6 is 0 Å². The van der Waals surface area contributed by atoms with Crippen molar-refractivity contribution in [1.82, 2.24) is 0 Å². The van der Waals surface area contributed by atoms with Gasteiger partial charge in [0.25, 0.3) is 0 Å². The Morgan fingerprint density at radius 1 is 1.47 bits per heavy atom. The summed E-state index contributed by atoms with van der Waals surface area (Å²) in [5.41, 5.74) is 0. The van der Waals surface area contributed by atoms with E-state index in [4.69, 9.17) is 18.9 Å². The van der Waals surface area contributed by atoms with Gasteiger partial charge in [0.15, 0.2) is 0 Å². The Kier molecular flexibility index (Phi) is 3.97. The van der Waals surface area contributed by atoms with Crippen molar-refractivity contribution in [3.05, 3.63) is 0 Å². The fraction of sp³-hybridized carbons (Fsp3) is 1.00. The van der Waals surface area contributed by atoms with Gasteiger partial charge in [-0.1, -0.05) is 6.92 Å². The molecule has 0 aromatic heterocycles. The molecule has 0 aromatic rings. The molecule has 2 aliphatic heterocycles. The molecule has 2 aliphatic rings. The second kappa shape index (κ2) is 5.25. The summed E-state index contributed by atoms with van der Waals surface area (Å²) in [5, 5.41) is 0. The molecule has 0 aliphatic carbocycles. The number of ether oxygens (including phenoxy) is 4. The molecule has 0 amide bonds. The molecule has 88 valence electrons. The molecule has 0 aromatic carbocycles. The van der Waals surface area contributed by atoms with Gasteiger partial charge in [-0.2, -0.15) is 0 Å². The minimum Gasteiger partial charge on any atom is -0.379 e. The van der Waals surface area contributed by atoms with Gasteiger partial charge in [-0.3, -0.25) is 0 Å². The lowest BCUT2D eigenvalue weighted by atomic mass is 10.2. The molecule has 2 heterocycles. The second-order valence-electron chi connectivity index (χ2n) is 4.21. The van der Waals surface area contributed by atoms with Gasteiger partial charge in [-0.25, -0.2) is 0 Å². The van der Waals surface area contributed by atoms with E-state index >= 15 is 0 Å². The molecule has 4 atom stereocenters. The van der Waals surface area contributed by atoms with Crippen molar-refractivity contribution in [2.24, 2.45) is 0 Å².